The molecule has 0 unspecified atom stereocenters. The van der Waals surface area contributed by atoms with Crippen LogP contribution in [0.3, 0.4) is 0 Å². The maximum atomic E-state index is 13.1. The van der Waals surface area contributed by atoms with Crippen LogP contribution in [0.15, 0.2) is 23.4 Å². The SMILES string of the molecule is CON=C(c1ccc(Cl)cc1CC1OCCO1)C(F)(F)F. The van der Waals surface area contributed by atoms with E-state index in [9.17, 15) is 13.2 Å². The van der Waals surface area contributed by atoms with E-state index in [2.05, 4.69) is 9.99 Å². The van der Waals surface area contributed by atoms with Gasteiger partial charge in [-0.3, -0.25) is 0 Å². The predicted molar refractivity (Wildman–Crippen MR) is 70.4 cm³/mol. The normalized spacial score (nSPS) is 17.3. The van der Waals surface area contributed by atoms with Crippen molar-refractivity contribution in [3.8, 4) is 0 Å². The van der Waals surface area contributed by atoms with Gasteiger partial charge >= 0.3 is 6.18 Å². The first-order chi connectivity index (χ1) is 9.91. The summed E-state index contributed by atoms with van der Waals surface area (Å²) < 4.78 is 49.8. The molecule has 1 heterocycles. The lowest BCUT2D eigenvalue weighted by Crippen LogP contribution is -2.26. The molecule has 116 valence electrons. The maximum Gasteiger partial charge on any atom is 0.437 e. The molecule has 1 fully saturated rings. The van der Waals surface area contributed by atoms with Crippen LogP contribution in [0.5, 0.6) is 0 Å². The Morgan fingerprint density at radius 3 is 2.62 bits per heavy atom. The monoisotopic (exact) mass is 323 g/mol. The third-order valence-corrected chi connectivity index (χ3v) is 3.09. The Morgan fingerprint density at radius 2 is 2.05 bits per heavy atom. The van der Waals surface area contributed by atoms with Gasteiger partial charge in [-0.05, 0) is 17.7 Å². The van der Waals surface area contributed by atoms with Crippen LogP contribution in [0, 0.1) is 0 Å². The van der Waals surface area contributed by atoms with Crippen molar-refractivity contribution in [3.05, 3.63) is 34.3 Å². The minimum absolute atomic E-state index is 0.104. The summed E-state index contributed by atoms with van der Waals surface area (Å²) in [4.78, 5) is 4.31. The van der Waals surface area contributed by atoms with E-state index in [1.54, 1.807) is 0 Å². The topological polar surface area (TPSA) is 40.0 Å². The summed E-state index contributed by atoms with van der Waals surface area (Å²) in [5.74, 6) is 0. The van der Waals surface area contributed by atoms with E-state index in [1.807, 2.05) is 0 Å². The van der Waals surface area contributed by atoms with Crippen LogP contribution in [-0.4, -0.2) is 38.5 Å². The number of hydrogen-bond donors (Lipinski definition) is 0. The molecule has 0 aromatic heterocycles. The van der Waals surface area contributed by atoms with Crippen LogP contribution in [0.1, 0.15) is 11.1 Å². The summed E-state index contributed by atoms with van der Waals surface area (Å²) in [5.41, 5.74) is -0.884. The van der Waals surface area contributed by atoms with Gasteiger partial charge in [-0.2, -0.15) is 13.2 Å². The molecule has 0 spiro atoms. The van der Waals surface area contributed by atoms with Gasteiger partial charge in [-0.15, -0.1) is 0 Å². The molecule has 0 atom stereocenters. The molecular formula is C13H13ClF3NO3. The quantitative estimate of drug-likeness (QED) is 0.631. The van der Waals surface area contributed by atoms with Gasteiger partial charge in [-0.1, -0.05) is 22.8 Å². The lowest BCUT2D eigenvalue weighted by atomic mass is 10.00. The van der Waals surface area contributed by atoms with Crippen molar-refractivity contribution < 1.29 is 27.5 Å². The number of nitrogens with zero attached hydrogens (tertiary/aromatic N) is 1. The van der Waals surface area contributed by atoms with Crippen LogP contribution in [0.4, 0.5) is 13.2 Å². The summed E-state index contributed by atoms with van der Waals surface area (Å²) in [6.07, 6.45) is -5.08. The van der Waals surface area contributed by atoms with Gasteiger partial charge < -0.3 is 14.3 Å². The lowest BCUT2D eigenvalue weighted by molar-refractivity contribution is -0.0611. The Bertz CT molecular complexity index is 528. The molecule has 1 saturated heterocycles. The molecule has 1 aromatic rings. The van der Waals surface area contributed by atoms with E-state index in [0.29, 0.717) is 23.8 Å². The van der Waals surface area contributed by atoms with Crippen LogP contribution in [0.2, 0.25) is 5.02 Å². The molecule has 0 radical (unpaired) electrons. The molecule has 8 heteroatoms. The molecule has 0 N–H and O–H groups in total. The van der Waals surface area contributed by atoms with Gasteiger partial charge in [0.15, 0.2) is 12.0 Å². The molecule has 0 aliphatic carbocycles. The largest absolute Gasteiger partial charge is 0.437 e. The maximum absolute atomic E-state index is 13.1. The average molecular weight is 324 g/mol. The second-order valence-corrected chi connectivity index (χ2v) is 4.73. The Morgan fingerprint density at radius 1 is 1.38 bits per heavy atom. The molecular weight excluding hydrogens is 311 g/mol. The highest BCUT2D eigenvalue weighted by molar-refractivity contribution is 6.30. The number of benzene rings is 1. The summed E-state index contributed by atoms with van der Waals surface area (Å²) in [6.45, 7) is 0.831. The summed E-state index contributed by atoms with van der Waals surface area (Å²) in [7, 11) is 1.06. The van der Waals surface area contributed by atoms with Crippen molar-refractivity contribution in [1.29, 1.82) is 0 Å². The number of halogens is 4. The highest BCUT2D eigenvalue weighted by Crippen LogP contribution is 2.28. The van der Waals surface area contributed by atoms with Crippen molar-refractivity contribution in [1.82, 2.24) is 0 Å². The molecule has 1 aliphatic heterocycles. The minimum Gasteiger partial charge on any atom is -0.399 e. The molecule has 1 aromatic carbocycles. The zero-order valence-corrected chi connectivity index (χ0v) is 11.9. The Hall–Kier alpha value is -1.31. The van der Waals surface area contributed by atoms with Crippen LogP contribution >= 0.6 is 11.6 Å². The van der Waals surface area contributed by atoms with Crippen molar-refractivity contribution in [2.24, 2.45) is 5.16 Å². The van der Waals surface area contributed by atoms with Gasteiger partial charge in [0, 0.05) is 17.0 Å². The van der Waals surface area contributed by atoms with Gasteiger partial charge in [-0.25, -0.2) is 0 Å². The molecule has 1 aliphatic rings. The summed E-state index contributed by atoms with van der Waals surface area (Å²) in [5, 5.41) is 3.42. The first-order valence-electron chi connectivity index (χ1n) is 6.12. The molecule has 2 rings (SSSR count). The van der Waals surface area contributed by atoms with Crippen molar-refractivity contribution >= 4 is 17.3 Å². The second-order valence-electron chi connectivity index (χ2n) is 4.30. The predicted octanol–water partition coefficient (Wildman–Crippen LogP) is 3.17. The van der Waals surface area contributed by atoms with Gasteiger partial charge in [0.2, 0.25) is 0 Å². The average Bonchev–Trinajstić information content (AvgIpc) is 2.88. The van der Waals surface area contributed by atoms with Gasteiger partial charge in [0.25, 0.3) is 0 Å². The fraction of sp³-hybridized carbons (Fsp3) is 0.462. The first-order valence-corrected chi connectivity index (χ1v) is 6.50. The number of ether oxygens (including phenoxy) is 2. The van der Waals surface area contributed by atoms with Crippen molar-refractivity contribution in [3.63, 3.8) is 0 Å². The zero-order valence-electron chi connectivity index (χ0n) is 11.1. The number of oxime groups is 1. The third-order valence-electron chi connectivity index (χ3n) is 2.85. The minimum atomic E-state index is -4.64. The summed E-state index contributed by atoms with van der Waals surface area (Å²) in [6, 6.07) is 4.07. The fourth-order valence-corrected chi connectivity index (χ4v) is 2.21. The molecule has 0 saturated carbocycles. The van der Waals surface area contributed by atoms with Crippen LogP contribution < -0.4 is 0 Å². The second kappa shape index (κ2) is 6.64. The molecule has 4 nitrogen and oxygen atoms in total. The van der Waals surface area contributed by atoms with Gasteiger partial charge in [0.05, 0.1) is 13.2 Å². The number of rotatable bonds is 4. The van der Waals surface area contributed by atoms with E-state index in [0.717, 1.165) is 7.11 Å². The first kappa shape index (κ1) is 16.1. The summed E-state index contributed by atoms with van der Waals surface area (Å²) >= 11 is 5.86. The van der Waals surface area contributed by atoms with Crippen molar-refractivity contribution in [2.45, 2.75) is 18.9 Å². The van der Waals surface area contributed by atoms with E-state index >= 15 is 0 Å². The Kier molecular flexibility index (Phi) is 5.08. The smallest absolute Gasteiger partial charge is 0.399 e. The van der Waals surface area contributed by atoms with E-state index in [1.165, 1.54) is 18.2 Å². The highest BCUT2D eigenvalue weighted by atomic mass is 35.5. The number of alkyl halides is 3. The Labute approximate surface area is 124 Å². The van der Waals surface area contributed by atoms with Crippen LogP contribution in [0.25, 0.3) is 0 Å². The van der Waals surface area contributed by atoms with Crippen LogP contribution in [-0.2, 0) is 20.7 Å². The number of hydrogen-bond acceptors (Lipinski definition) is 4. The lowest BCUT2D eigenvalue weighted by Gasteiger charge is -2.16. The third kappa shape index (κ3) is 4.09. The van der Waals surface area contributed by atoms with E-state index < -0.39 is 18.2 Å². The standard InChI is InChI=1S/C13H13ClF3NO3/c1-19-18-12(13(15,16)17)10-3-2-9(14)6-8(10)7-11-20-4-5-21-11/h2-3,6,11H,4-5,7H2,1H3. The Balaban J connectivity index is 2.39. The van der Waals surface area contributed by atoms with E-state index in [4.69, 9.17) is 21.1 Å². The molecule has 0 bridgehead atoms. The molecule has 21 heavy (non-hydrogen) atoms. The van der Waals surface area contributed by atoms with E-state index in [-0.39, 0.29) is 12.0 Å². The fourth-order valence-electron chi connectivity index (χ4n) is 2.01. The molecule has 0 amide bonds. The zero-order chi connectivity index (χ0) is 15.5. The van der Waals surface area contributed by atoms with Crippen molar-refractivity contribution in [2.75, 3.05) is 20.3 Å². The highest BCUT2D eigenvalue weighted by Gasteiger charge is 2.39. The van der Waals surface area contributed by atoms with Gasteiger partial charge in [0.1, 0.15) is 7.11 Å².